The van der Waals surface area contributed by atoms with Crippen LogP contribution in [0.3, 0.4) is 0 Å². The van der Waals surface area contributed by atoms with Crippen molar-refractivity contribution in [2.75, 3.05) is 20.8 Å². The Kier molecular flexibility index (Phi) is 7.61. The van der Waals surface area contributed by atoms with Gasteiger partial charge in [0.05, 0.1) is 42.3 Å². The highest BCUT2D eigenvalue weighted by molar-refractivity contribution is 5.96. The molecule has 0 radical (unpaired) electrons. The molecular formula is C28H26N4O4. The van der Waals surface area contributed by atoms with Gasteiger partial charge in [0.15, 0.2) is 11.5 Å². The largest absolute Gasteiger partial charge is 0.493 e. The maximum Gasteiger partial charge on any atom is 0.261 e. The monoisotopic (exact) mass is 482 g/mol. The molecule has 0 aliphatic heterocycles. The van der Waals surface area contributed by atoms with Crippen LogP contribution in [-0.4, -0.2) is 36.2 Å². The summed E-state index contributed by atoms with van der Waals surface area (Å²) in [6.45, 7) is 0.673. The molecule has 1 aromatic heterocycles. The quantitative estimate of drug-likeness (QED) is 0.391. The highest BCUT2D eigenvalue weighted by Gasteiger charge is 2.14. The fourth-order valence-electron chi connectivity index (χ4n) is 4.07. The lowest BCUT2D eigenvalue weighted by Gasteiger charge is -2.15. The Labute approximate surface area is 208 Å². The molecule has 3 aromatic carbocycles. The van der Waals surface area contributed by atoms with Gasteiger partial charge in [-0.2, -0.15) is 5.26 Å². The van der Waals surface area contributed by atoms with E-state index in [-0.39, 0.29) is 18.0 Å². The molecular weight excluding hydrogens is 456 g/mol. The topological polar surface area (TPSA) is 106 Å². The number of aryl methyl sites for hydroxylation is 1. The standard InChI is InChI=1S/C28H26N4O4/c1-35-24-12-11-19(17-25(24)36-2)14-16-32-26(31-23-10-6-5-9-22(23)28(32)34)13-15-30-27(33)21-8-4-3-7-20(21)18-29/h3-12,17H,13-16H2,1-2H3,(H,30,33). The van der Waals surface area contributed by atoms with Crippen LogP contribution in [0.1, 0.15) is 27.3 Å². The fourth-order valence-corrected chi connectivity index (χ4v) is 4.07. The molecule has 8 heteroatoms. The molecule has 4 aromatic rings. The minimum absolute atomic E-state index is 0.128. The summed E-state index contributed by atoms with van der Waals surface area (Å²) in [5, 5.41) is 12.6. The van der Waals surface area contributed by atoms with E-state index in [1.54, 1.807) is 55.2 Å². The van der Waals surface area contributed by atoms with E-state index in [0.717, 1.165) is 5.56 Å². The zero-order valence-corrected chi connectivity index (χ0v) is 20.2. The molecule has 182 valence electrons. The van der Waals surface area contributed by atoms with Crippen LogP contribution in [0.2, 0.25) is 0 Å². The first-order valence-corrected chi connectivity index (χ1v) is 11.5. The lowest BCUT2D eigenvalue weighted by Crippen LogP contribution is -2.31. The summed E-state index contributed by atoms with van der Waals surface area (Å²) in [6, 6.07) is 21.6. The summed E-state index contributed by atoms with van der Waals surface area (Å²) >= 11 is 0. The van der Waals surface area contributed by atoms with Gasteiger partial charge in [0.25, 0.3) is 11.5 Å². The van der Waals surface area contributed by atoms with E-state index in [9.17, 15) is 14.9 Å². The number of nitriles is 1. The molecule has 4 rings (SSSR count). The number of fused-ring (bicyclic) bond motifs is 1. The SMILES string of the molecule is COc1ccc(CCn2c(CCNC(=O)c3ccccc3C#N)nc3ccccc3c2=O)cc1OC. The highest BCUT2D eigenvalue weighted by Crippen LogP contribution is 2.27. The van der Waals surface area contributed by atoms with Gasteiger partial charge in [-0.25, -0.2) is 4.98 Å². The van der Waals surface area contributed by atoms with Crippen LogP contribution in [0, 0.1) is 11.3 Å². The van der Waals surface area contributed by atoms with Crippen LogP contribution in [0.25, 0.3) is 10.9 Å². The lowest BCUT2D eigenvalue weighted by atomic mass is 10.1. The van der Waals surface area contributed by atoms with Crippen molar-refractivity contribution in [3.8, 4) is 17.6 Å². The van der Waals surface area contributed by atoms with Crippen molar-refractivity contribution in [1.29, 1.82) is 5.26 Å². The maximum atomic E-state index is 13.4. The zero-order chi connectivity index (χ0) is 25.5. The minimum atomic E-state index is -0.341. The molecule has 0 spiro atoms. The predicted octanol–water partition coefficient (Wildman–Crippen LogP) is 3.50. The molecule has 0 saturated heterocycles. The Bertz CT molecular complexity index is 1500. The van der Waals surface area contributed by atoms with Crippen molar-refractivity contribution in [1.82, 2.24) is 14.9 Å². The van der Waals surface area contributed by atoms with Gasteiger partial charge in [-0.3, -0.25) is 14.2 Å². The summed E-state index contributed by atoms with van der Waals surface area (Å²) in [5.74, 6) is 1.50. The normalized spacial score (nSPS) is 10.6. The van der Waals surface area contributed by atoms with Crippen molar-refractivity contribution in [2.45, 2.75) is 19.4 Å². The first-order valence-electron chi connectivity index (χ1n) is 11.5. The molecule has 0 saturated carbocycles. The number of methoxy groups -OCH3 is 2. The molecule has 0 aliphatic rings. The van der Waals surface area contributed by atoms with Crippen LogP contribution in [-0.2, 0) is 19.4 Å². The number of para-hydroxylation sites is 1. The number of amides is 1. The van der Waals surface area contributed by atoms with Crippen LogP contribution in [0.5, 0.6) is 11.5 Å². The molecule has 1 heterocycles. The second-order valence-corrected chi connectivity index (χ2v) is 8.10. The third-order valence-corrected chi connectivity index (χ3v) is 5.94. The Morgan fingerprint density at radius 2 is 1.75 bits per heavy atom. The number of aromatic nitrogens is 2. The summed E-state index contributed by atoms with van der Waals surface area (Å²) in [5.41, 5.74) is 2.10. The zero-order valence-electron chi connectivity index (χ0n) is 20.2. The second-order valence-electron chi connectivity index (χ2n) is 8.10. The van der Waals surface area contributed by atoms with Gasteiger partial charge < -0.3 is 14.8 Å². The third kappa shape index (κ3) is 5.20. The summed E-state index contributed by atoms with van der Waals surface area (Å²) in [7, 11) is 3.17. The summed E-state index contributed by atoms with van der Waals surface area (Å²) < 4.78 is 12.4. The van der Waals surface area contributed by atoms with Gasteiger partial charge in [0.1, 0.15) is 5.82 Å². The van der Waals surface area contributed by atoms with E-state index in [4.69, 9.17) is 14.5 Å². The van der Waals surface area contributed by atoms with Crippen LogP contribution in [0.15, 0.2) is 71.5 Å². The number of rotatable bonds is 9. The maximum absolute atomic E-state index is 13.4. The number of nitrogens with one attached hydrogen (secondary N) is 1. The van der Waals surface area contributed by atoms with Crippen molar-refractivity contribution in [3.05, 3.63) is 99.6 Å². The molecule has 0 unspecified atom stereocenters. The van der Waals surface area contributed by atoms with Crippen LogP contribution < -0.4 is 20.3 Å². The number of ether oxygens (including phenoxy) is 2. The molecule has 1 N–H and O–H groups in total. The van der Waals surface area contributed by atoms with Gasteiger partial charge >= 0.3 is 0 Å². The van der Waals surface area contributed by atoms with E-state index in [2.05, 4.69) is 5.32 Å². The number of benzene rings is 3. The van der Waals surface area contributed by atoms with Crippen LogP contribution >= 0.6 is 0 Å². The Hall–Kier alpha value is -4.64. The van der Waals surface area contributed by atoms with Crippen LogP contribution in [0.4, 0.5) is 0 Å². The number of carbonyl (C=O) groups is 1. The smallest absolute Gasteiger partial charge is 0.261 e. The van der Waals surface area contributed by atoms with Crippen molar-refractivity contribution < 1.29 is 14.3 Å². The van der Waals surface area contributed by atoms with E-state index in [1.165, 1.54) is 0 Å². The Morgan fingerprint density at radius 3 is 2.53 bits per heavy atom. The number of hydrogen-bond acceptors (Lipinski definition) is 6. The van der Waals surface area contributed by atoms with E-state index in [1.807, 2.05) is 36.4 Å². The van der Waals surface area contributed by atoms with Crippen molar-refractivity contribution >= 4 is 16.8 Å². The highest BCUT2D eigenvalue weighted by atomic mass is 16.5. The average molecular weight is 483 g/mol. The Balaban J connectivity index is 1.57. The Morgan fingerprint density at radius 1 is 1.00 bits per heavy atom. The summed E-state index contributed by atoms with van der Waals surface area (Å²) in [6.07, 6.45) is 0.932. The molecule has 1 amide bonds. The molecule has 0 aliphatic carbocycles. The first-order chi connectivity index (χ1) is 17.5. The van der Waals surface area contributed by atoms with Crippen molar-refractivity contribution in [3.63, 3.8) is 0 Å². The molecule has 0 fully saturated rings. The number of carbonyl (C=O) groups excluding carboxylic acids is 1. The predicted molar refractivity (Wildman–Crippen MR) is 136 cm³/mol. The summed E-state index contributed by atoms with van der Waals surface area (Å²) in [4.78, 5) is 30.7. The van der Waals surface area contributed by atoms with Gasteiger partial charge in [-0.1, -0.05) is 30.3 Å². The van der Waals surface area contributed by atoms with Gasteiger partial charge in [0.2, 0.25) is 0 Å². The fraction of sp³-hybridized carbons (Fsp3) is 0.214. The van der Waals surface area contributed by atoms with Gasteiger partial charge in [-0.05, 0) is 48.4 Å². The van der Waals surface area contributed by atoms with E-state index >= 15 is 0 Å². The minimum Gasteiger partial charge on any atom is -0.493 e. The van der Waals surface area contributed by atoms with E-state index < -0.39 is 0 Å². The number of nitrogens with zero attached hydrogens (tertiary/aromatic N) is 3. The van der Waals surface area contributed by atoms with Gasteiger partial charge in [-0.15, -0.1) is 0 Å². The van der Waals surface area contributed by atoms with Gasteiger partial charge in [0, 0.05) is 19.5 Å². The number of hydrogen-bond donors (Lipinski definition) is 1. The third-order valence-electron chi connectivity index (χ3n) is 5.94. The molecule has 0 atom stereocenters. The average Bonchev–Trinajstić information content (AvgIpc) is 2.92. The van der Waals surface area contributed by atoms with Crippen molar-refractivity contribution in [2.24, 2.45) is 0 Å². The molecule has 0 bridgehead atoms. The molecule has 8 nitrogen and oxygen atoms in total. The lowest BCUT2D eigenvalue weighted by molar-refractivity contribution is 0.0953. The second kappa shape index (κ2) is 11.2. The molecule has 36 heavy (non-hydrogen) atoms. The first kappa shape index (κ1) is 24.5. The van der Waals surface area contributed by atoms with E-state index in [0.29, 0.717) is 58.7 Å².